The summed E-state index contributed by atoms with van der Waals surface area (Å²) in [6.07, 6.45) is 0.984. The van der Waals surface area contributed by atoms with Crippen LogP contribution in [0.3, 0.4) is 0 Å². The standard InChI is InChI=1S/C13H13BrClNO5/c1-19-11(17)6-10(13(18)21-3)16-7-4-8(14)12(20-2)9(15)5-7/h4-6,16H,1-3H3/b10-6+. The van der Waals surface area contributed by atoms with Gasteiger partial charge in [-0.1, -0.05) is 11.6 Å². The molecule has 0 bridgehead atoms. The van der Waals surface area contributed by atoms with Gasteiger partial charge in [-0.15, -0.1) is 0 Å². The Hall–Kier alpha value is -1.73. The van der Waals surface area contributed by atoms with Gasteiger partial charge in [0.25, 0.3) is 0 Å². The molecule has 0 aromatic heterocycles. The average Bonchev–Trinajstić information content (AvgIpc) is 2.45. The fourth-order valence-electron chi connectivity index (χ4n) is 1.42. The summed E-state index contributed by atoms with van der Waals surface area (Å²) >= 11 is 9.33. The first-order valence-corrected chi connectivity index (χ1v) is 6.78. The summed E-state index contributed by atoms with van der Waals surface area (Å²) in [5.41, 5.74) is 0.380. The van der Waals surface area contributed by atoms with E-state index in [-0.39, 0.29) is 5.70 Å². The molecule has 0 aliphatic carbocycles. The van der Waals surface area contributed by atoms with E-state index in [9.17, 15) is 9.59 Å². The molecule has 0 aliphatic heterocycles. The zero-order valence-corrected chi connectivity index (χ0v) is 13.9. The van der Waals surface area contributed by atoms with E-state index in [2.05, 4.69) is 30.7 Å². The van der Waals surface area contributed by atoms with E-state index in [4.69, 9.17) is 16.3 Å². The van der Waals surface area contributed by atoms with Gasteiger partial charge in [-0.25, -0.2) is 9.59 Å². The van der Waals surface area contributed by atoms with Gasteiger partial charge in [0, 0.05) is 5.69 Å². The van der Waals surface area contributed by atoms with E-state index in [1.165, 1.54) is 21.3 Å². The van der Waals surface area contributed by atoms with Crippen LogP contribution in [0.25, 0.3) is 0 Å². The Bertz CT molecular complexity index is 565. The van der Waals surface area contributed by atoms with Crippen molar-refractivity contribution in [1.29, 1.82) is 0 Å². The molecule has 8 heteroatoms. The van der Waals surface area contributed by atoms with Gasteiger partial charge in [0.05, 0.1) is 36.9 Å². The molecule has 0 spiro atoms. The number of carbonyl (C=O) groups excluding carboxylic acids is 2. The van der Waals surface area contributed by atoms with Crippen LogP contribution in [0.4, 0.5) is 5.69 Å². The van der Waals surface area contributed by atoms with Gasteiger partial charge in [-0.05, 0) is 28.1 Å². The van der Waals surface area contributed by atoms with Crippen LogP contribution in [0.15, 0.2) is 28.4 Å². The highest BCUT2D eigenvalue weighted by Crippen LogP contribution is 2.36. The Morgan fingerprint density at radius 3 is 2.38 bits per heavy atom. The summed E-state index contributed by atoms with van der Waals surface area (Å²) in [5.74, 6) is -0.955. The smallest absolute Gasteiger partial charge is 0.354 e. The second-order valence-electron chi connectivity index (χ2n) is 3.67. The highest BCUT2D eigenvalue weighted by Gasteiger charge is 2.15. The maximum absolute atomic E-state index is 11.6. The van der Waals surface area contributed by atoms with Crippen LogP contribution in [0, 0.1) is 0 Å². The average molecular weight is 379 g/mol. The van der Waals surface area contributed by atoms with Gasteiger partial charge >= 0.3 is 11.9 Å². The zero-order chi connectivity index (χ0) is 16.0. The highest BCUT2D eigenvalue weighted by molar-refractivity contribution is 9.10. The molecule has 0 unspecified atom stereocenters. The van der Waals surface area contributed by atoms with Crippen LogP contribution in [0.5, 0.6) is 5.75 Å². The number of halogens is 2. The molecule has 0 aliphatic rings. The Balaban J connectivity index is 3.13. The van der Waals surface area contributed by atoms with Crippen molar-refractivity contribution in [3.8, 4) is 5.75 Å². The first-order valence-electron chi connectivity index (χ1n) is 5.61. The van der Waals surface area contributed by atoms with Crippen LogP contribution < -0.4 is 10.1 Å². The predicted octanol–water partition coefficient (Wildman–Crippen LogP) is 2.75. The number of hydrogen-bond acceptors (Lipinski definition) is 6. The third kappa shape index (κ3) is 4.64. The van der Waals surface area contributed by atoms with E-state index in [1.807, 2.05) is 0 Å². The van der Waals surface area contributed by atoms with Gasteiger partial charge in [-0.3, -0.25) is 0 Å². The lowest BCUT2D eigenvalue weighted by Gasteiger charge is -2.12. The first kappa shape index (κ1) is 17.3. The molecule has 1 aromatic carbocycles. The topological polar surface area (TPSA) is 73.9 Å². The van der Waals surface area contributed by atoms with Gasteiger partial charge in [0.2, 0.25) is 0 Å². The Morgan fingerprint density at radius 2 is 1.90 bits per heavy atom. The van der Waals surface area contributed by atoms with Crippen molar-refractivity contribution in [3.63, 3.8) is 0 Å². The lowest BCUT2D eigenvalue weighted by Crippen LogP contribution is -2.15. The third-order valence-electron chi connectivity index (χ3n) is 2.35. The number of nitrogens with one attached hydrogen (secondary N) is 1. The summed E-state index contributed by atoms with van der Waals surface area (Å²) in [4.78, 5) is 22.9. The van der Waals surface area contributed by atoms with Gasteiger partial charge in [0.1, 0.15) is 5.70 Å². The molecule has 0 amide bonds. The molecular formula is C13H13BrClNO5. The minimum absolute atomic E-state index is 0.0857. The largest absolute Gasteiger partial charge is 0.494 e. The summed E-state index contributed by atoms with van der Waals surface area (Å²) < 4.78 is 14.8. The molecule has 21 heavy (non-hydrogen) atoms. The molecule has 0 heterocycles. The van der Waals surface area contributed by atoms with Crippen molar-refractivity contribution in [2.24, 2.45) is 0 Å². The van der Waals surface area contributed by atoms with E-state index >= 15 is 0 Å². The number of benzene rings is 1. The van der Waals surface area contributed by atoms with Gasteiger partial charge < -0.3 is 19.5 Å². The summed E-state index contributed by atoms with van der Waals surface area (Å²) in [6.45, 7) is 0. The number of ether oxygens (including phenoxy) is 3. The Morgan fingerprint density at radius 1 is 1.24 bits per heavy atom. The molecule has 0 fully saturated rings. The predicted molar refractivity (Wildman–Crippen MR) is 81.4 cm³/mol. The molecule has 1 N–H and O–H groups in total. The van der Waals surface area contributed by atoms with E-state index < -0.39 is 11.9 Å². The second-order valence-corrected chi connectivity index (χ2v) is 4.93. The number of esters is 2. The van der Waals surface area contributed by atoms with Crippen LogP contribution in [0.1, 0.15) is 0 Å². The van der Waals surface area contributed by atoms with Crippen molar-refractivity contribution in [2.75, 3.05) is 26.6 Å². The van der Waals surface area contributed by atoms with Gasteiger partial charge in [-0.2, -0.15) is 0 Å². The fourth-order valence-corrected chi connectivity index (χ4v) is 2.45. The third-order valence-corrected chi connectivity index (χ3v) is 3.22. The number of methoxy groups -OCH3 is 3. The number of anilines is 1. The van der Waals surface area contributed by atoms with Crippen LogP contribution in [0.2, 0.25) is 5.02 Å². The van der Waals surface area contributed by atoms with Crippen LogP contribution in [-0.2, 0) is 19.1 Å². The number of hydrogen-bond donors (Lipinski definition) is 1. The zero-order valence-electron chi connectivity index (χ0n) is 11.5. The quantitative estimate of drug-likeness (QED) is 0.627. The number of rotatable bonds is 5. The lowest BCUT2D eigenvalue weighted by molar-refractivity contribution is -0.138. The van der Waals surface area contributed by atoms with Gasteiger partial charge in [0.15, 0.2) is 5.75 Å². The molecule has 1 aromatic rings. The molecule has 0 saturated carbocycles. The molecule has 6 nitrogen and oxygen atoms in total. The molecule has 114 valence electrons. The van der Waals surface area contributed by atoms with E-state index in [0.29, 0.717) is 20.9 Å². The molecule has 0 atom stereocenters. The molecule has 0 radical (unpaired) electrons. The summed E-state index contributed by atoms with van der Waals surface area (Å²) in [7, 11) is 3.89. The highest BCUT2D eigenvalue weighted by atomic mass is 79.9. The second kappa shape index (κ2) is 7.90. The SMILES string of the molecule is COC(=O)/C=C(/Nc1cc(Cl)c(OC)c(Br)c1)C(=O)OC. The monoisotopic (exact) mass is 377 g/mol. The van der Waals surface area contributed by atoms with E-state index in [0.717, 1.165) is 6.08 Å². The number of carbonyl (C=O) groups is 2. The van der Waals surface area contributed by atoms with Crippen molar-refractivity contribution in [3.05, 3.63) is 33.4 Å². The molecule has 0 saturated heterocycles. The minimum Gasteiger partial charge on any atom is -0.494 e. The van der Waals surface area contributed by atoms with Crippen molar-refractivity contribution in [2.45, 2.75) is 0 Å². The Kier molecular flexibility index (Phi) is 6.51. The van der Waals surface area contributed by atoms with Crippen LogP contribution >= 0.6 is 27.5 Å². The summed E-state index contributed by atoms with van der Waals surface area (Å²) in [6, 6.07) is 3.18. The summed E-state index contributed by atoms with van der Waals surface area (Å²) in [5, 5.41) is 3.07. The van der Waals surface area contributed by atoms with Crippen molar-refractivity contribution < 1.29 is 23.8 Å². The maximum atomic E-state index is 11.6. The molecule has 1 rings (SSSR count). The first-order chi connectivity index (χ1) is 9.92. The minimum atomic E-state index is -0.719. The maximum Gasteiger partial charge on any atom is 0.354 e. The fraction of sp³-hybridized carbons (Fsp3) is 0.231. The lowest BCUT2D eigenvalue weighted by atomic mass is 10.2. The van der Waals surface area contributed by atoms with Crippen LogP contribution in [-0.4, -0.2) is 33.3 Å². The van der Waals surface area contributed by atoms with Crippen molar-refractivity contribution in [1.82, 2.24) is 0 Å². The normalized spacial score (nSPS) is 10.8. The Labute approximate surface area is 135 Å². The van der Waals surface area contributed by atoms with Crippen molar-refractivity contribution >= 4 is 45.2 Å². The molecular weight excluding hydrogens is 366 g/mol. The van der Waals surface area contributed by atoms with E-state index in [1.54, 1.807) is 12.1 Å².